The molecule has 0 bridgehead atoms. The van der Waals surface area contributed by atoms with Crippen LogP contribution in [-0.4, -0.2) is 17.5 Å². The molecule has 0 aliphatic rings. The number of rotatable bonds is 5. The Hall–Kier alpha value is -3.79. The predicted octanol–water partition coefficient (Wildman–Crippen LogP) is 2.94. The van der Waals surface area contributed by atoms with E-state index in [0.717, 1.165) is 11.3 Å². The van der Waals surface area contributed by atoms with Crippen molar-refractivity contribution in [3.8, 4) is 34.2 Å². The van der Waals surface area contributed by atoms with Gasteiger partial charge in [-0.1, -0.05) is 12.1 Å². The fraction of sp³-hybridized carbons (Fsp3) is 0.150. The second kappa shape index (κ2) is 7.22. The number of carbonyl (C=O) groups is 1. The lowest BCUT2D eigenvalue weighted by molar-refractivity contribution is -0.119. The van der Waals surface area contributed by atoms with Gasteiger partial charge in [0, 0.05) is 11.1 Å². The fourth-order valence-corrected chi connectivity index (χ4v) is 2.84. The second-order valence-electron chi connectivity index (χ2n) is 6.04. The number of anilines is 1. The van der Waals surface area contributed by atoms with Gasteiger partial charge in [-0.2, -0.15) is 5.26 Å². The zero-order chi connectivity index (χ0) is 19.6. The summed E-state index contributed by atoms with van der Waals surface area (Å²) in [4.78, 5) is 15.3. The third-order valence-corrected chi connectivity index (χ3v) is 4.00. The highest BCUT2D eigenvalue weighted by Crippen LogP contribution is 2.34. The van der Waals surface area contributed by atoms with Crippen molar-refractivity contribution < 1.29 is 13.9 Å². The van der Waals surface area contributed by atoms with E-state index in [9.17, 15) is 10.1 Å². The molecule has 0 aliphatic carbocycles. The maximum absolute atomic E-state index is 10.9. The highest BCUT2D eigenvalue weighted by molar-refractivity contribution is 5.81. The molecule has 3 rings (SSSR count). The number of carbonyl (C=O) groups excluding carboxylic acids is 1. The number of primary amides is 1. The van der Waals surface area contributed by atoms with Gasteiger partial charge in [0.05, 0.1) is 5.69 Å². The van der Waals surface area contributed by atoms with Crippen LogP contribution in [-0.2, 0) is 4.79 Å². The minimum absolute atomic E-state index is 0.131. The van der Waals surface area contributed by atoms with Crippen molar-refractivity contribution in [3.05, 3.63) is 53.5 Å². The SMILES string of the molecule is Cc1cc(-c2cc(-c3cccc(OCC(N)=O)c3)c(C#N)c(N)n2)c(C)o1. The number of nitrogens with two attached hydrogens (primary N) is 2. The summed E-state index contributed by atoms with van der Waals surface area (Å²) >= 11 is 0. The van der Waals surface area contributed by atoms with Crippen LogP contribution < -0.4 is 16.2 Å². The number of aromatic nitrogens is 1. The van der Waals surface area contributed by atoms with E-state index in [2.05, 4.69) is 11.1 Å². The molecule has 2 aromatic heterocycles. The van der Waals surface area contributed by atoms with E-state index in [-0.39, 0.29) is 18.0 Å². The van der Waals surface area contributed by atoms with E-state index in [1.165, 1.54) is 0 Å². The van der Waals surface area contributed by atoms with Crippen LogP contribution in [0.2, 0.25) is 0 Å². The number of pyridine rings is 1. The van der Waals surface area contributed by atoms with Gasteiger partial charge >= 0.3 is 0 Å². The van der Waals surface area contributed by atoms with Crippen LogP contribution in [0, 0.1) is 25.2 Å². The molecular weight excluding hydrogens is 344 g/mol. The second-order valence-corrected chi connectivity index (χ2v) is 6.04. The summed E-state index contributed by atoms with van der Waals surface area (Å²) in [6.45, 7) is 3.46. The van der Waals surface area contributed by atoms with Crippen LogP contribution in [0.15, 0.2) is 40.8 Å². The van der Waals surface area contributed by atoms with Crippen molar-refractivity contribution in [1.82, 2.24) is 4.98 Å². The topological polar surface area (TPSA) is 128 Å². The Morgan fingerprint density at radius 1 is 1.26 bits per heavy atom. The Morgan fingerprint density at radius 2 is 2.04 bits per heavy atom. The van der Waals surface area contributed by atoms with E-state index < -0.39 is 5.91 Å². The molecule has 7 nitrogen and oxygen atoms in total. The van der Waals surface area contributed by atoms with E-state index in [4.69, 9.17) is 20.6 Å². The Morgan fingerprint density at radius 3 is 2.67 bits per heavy atom. The van der Waals surface area contributed by atoms with Crippen molar-refractivity contribution >= 4 is 11.7 Å². The Balaban J connectivity index is 2.12. The molecule has 0 atom stereocenters. The molecule has 4 N–H and O–H groups in total. The minimum atomic E-state index is -0.570. The first-order valence-electron chi connectivity index (χ1n) is 8.18. The first-order chi connectivity index (χ1) is 12.9. The number of nitriles is 1. The third-order valence-electron chi connectivity index (χ3n) is 4.00. The molecule has 136 valence electrons. The standard InChI is InChI=1S/C20H18N4O3/c1-11-6-15(12(2)27-11)18-8-16(17(9-21)20(23)24-18)13-4-3-5-14(7-13)26-10-19(22)25/h3-8H,10H2,1-2H3,(H2,22,25)(H2,23,24). The zero-order valence-corrected chi connectivity index (χ0v) is 14.9. The van der Waals surface area contributed by atoms with Gasteiger partial charge in [-0.15, -0.1) is 0 Å². The van der Waals surface area contributed by atoms with E-state index in [1.54, 1.807) is 24.3 Å². The molecule has 1 amide bonds. The molecule has 0 saturated carbocycles. The Labute approximate surface area is 156 Å². The monoisotopic (exact) mass is 362 g/mol. The largest absolute Gasteiger partial charge is 0.484 e. The first-order valence-corrected chi connectivity index (χ1v) is 8.18. The number of benzene rings is 1. The van der Waals surface area contributed by atoms with E-state index in [0.29, 0.717) is 28.3 Å². The number of nitrogen functional groups attached to an aromatic ring is 1. The van der Waals surface area contributed by atoms with E-state index in [1.807, 2.05) is 26.0 Å². The average Bonchev–Trinajstić information content (AvgIpc) is 2.97. The van der Waals surface area contributed by atoms with Crippen molar-refractivity contribution in [3.63, 3.8) is 0 Å². The number of aryl methyl sites for hydroxylation is 2. The van der Waals surface area contributed by atoms with Crippen LogP contribution in [0.4, 0.5) is 5.82 Å². The number of furan rings is 1. The molecule has 7 heteroatoms. The van der Waals surface area contributed by atoms with Gasteiger partial charge in [0.25, 0.3) is 5.91 Å². The fourth-order valence-electron chi connectivity index (χ4n) is 2.84. The molecular formula is C20H18N4O3. The van der Waals surface area contributed by atoms with Crippen LogP contribution >= 0.6 is 0 Å². The van der Waals surface area contributed by atoms with Gasteiger partial charge < -0.3 is 20.6 Å². The van der Waals surface area contributed by atoms with Gasteiger partial charge in [0.2, 0.25) is 0 Å². The predicted molar refractivity (Wildman–Crippen MR) is 101 cm³/mol. The normalized spacial score (nSPS) is 10.4. The summed E-state index contributed by atoms with van der Waals surface area (Å²) in [6.07, 6.45) is 0. The summed E-state index contributed by atoms with van der Waals surface area (Å²) in [5, 5.41) is 9.55. The molecule has 3 aromatic rings. The van der Waals surface area contributed by atoms with Crippen LogP contribution in [0.25, 0.3) is 22.4 Å². The average molecular weight is 362 g/mol. The van der Waals surface area contributed by atoms with Gasteiger partial charge in [-0.25, -0.2) is 4.98 Å². The van der Waals surface area contributed by atoms with Crippen molar-refractivity contribution in [2.45, 2.75) is 13.8 Å². The van der Waals surface area contributed by atoms with Gasteiger partial charge in [0.15, 0.2) is 6.61 Å². The molecule has 0 fully saturated rings. The quantitative estimate of drug-likeness (QED) is 0.718. The lowest BCUT2D eigenvalue weighted by Gasteiger charge is -2.11. The maximum Gasteiger partial charge on any atom is 0.255 e. The smallest absolute Gasteiger partial charge is 0.255 e. The van der Waals surface area contributed by atoms with Crippen molar-refractivity contribution in [1.29, 1.82) is 5.26 Å². The van der Waals surface area contributed by atoms with Gasteiger partial charge in [0.1, 0.15) is 34.7 Å². The zero-order valence-electron chi connectivity index (χ0n) is 14.9. The maximum atomic E-state index is 10.9. The number of ether oxygens (including phenoxy) is 1. The minimum Gasteiger partial charge on any atom is -0.484 e. The van der Waals surface area contributed by atoms with E-state index >= 15 is 0 Å². The van der Waals surface area contributed by atoms with Gasteiger partial charge in [-0.05, 0) is 43.7 Å². The van der Waals surface area contributed by atoms with Crippen LogP contribution in [0.1, 0.15) is 17.1 Å². The number of hydrogen-bond acceptors (Lipinski definition) is 6. The number of nitrogens with zero attached hydrogens (tertiary/aromatic N) is 2. The number of hydrogen-bond donors (Lipinski definition) is 2. The molecule has 0 saturated heterocycles. The molecule has 0 unspecified atom stereocenters. The summed E-state index contributed by atoms with van der Waals surface area (Å²) < 4.78 is 10.9. The Kier molecular flexibility index (Phi) is 4.81. The first kappa shape index (κ1) is 18.0. The van der Waals surface area contributed by atoms with Crippen LogP contribution in [0.3, 0.4) is 0 Å². The highest BCUT2D eigenvalue weighted by Gasteiger charge is 2.16. The number of amides is 1. The van der Waals surface area contributed by atoms with Gasteiger partial charge in [-0.3, -0.25) is 4.79 Å². The molecule has 0 radical (unpaired) electrons. The van der Waals surface area contributed by atoms with Crippen LogP contribution in [0.5, 0.6) is 5.75 Å². The summed E-state index contributed by atoms with van der Waals surface area (Å²) in [5.41, 5.74) is 14.2. The molecule has 0 spiro atoms. The molecule has 27 heavy (non-hydrogen) atoms. The summed E-state index contributed by atoms with van der Waals surface area (Å²) in [6, 6.07) is 12.8. The summed E-state index contributed by atoms with van der Waals surface area (Å²) in [7, 11) is 0. The molecule has 0 aliphatic heterocycles. The lowest BCUT2D eigenvalue weighted by atomic mass is 9.98. The van der Waals surface area contributed by atoms with Crippen molar-refractivity contribution in [2.24, 2.45) is 5.73 Å². The molecule has 2 heterocycles. The molecule has 1 aromatic carbocycles. The Bertz CT molecular complexity index is 1060. The summed E-state index contributed by atoms with van der Waals surface area (Å²) in [5.74, 6) is 1.50. The third kappa shape index (κ3) is 3.75. The van der Waals surface area contributed by atoms with Crippen molar-refractivity contribution in [2.75, 3.05) is 12.3 Å². The highest BCUT2D eigenvalue weighted by atomic mass is 16.5. The lowest BCUT2D eigenvalue weighted by Crippen LogP contribution is -2.19.